The first kappa shape index (κ1) is 19.1. The summed E-state index contributed by atoms with van der Waals surface area (Å²) in [6.07, 6.45) is 5.79. The Morgan fingerprint density at radius 2 is 1.81 bits per heavy atom. The van der Waals surface area contributed by atoms with Crippen LogP contribution in [0.15, 0.2) is 35.2 Å². The van der Waals surface area contributed by atoms with Gasteiger partial charge in [0, 0.05) is 11.9 Å². The van der Waals surface area contributed by atoms with Crippen LogP contribution in [0.3, 0.4) is 0 Å². The number of carbonyl (C=O) groups excluding carboxylic acids is 1. The second kappa shape index (κ2) is 7.50. The molecular formula is C19H24N2O3S2. The van der Waals surface area contributed by atoms with Crippen LogP contribution >= 0.6 is 11.3 Å². The molecule has 2 aromatic rings. The first-order valence-electron chi connectivity index (χ1n) is 8.79. The molecule has 1 aliphatic carbocycles. The van der Waals surface area contributed by atoms with Gasteiger partial charge in [0.1, 0.15) is 0 Å². The first-order valence-corrected chi connectivity index (χ1v) is 11.1. The third kappa shape index (κ3) is 4.00. The van der Waals surface area contributed by atoms with Gasteiger partial charge < -0.3 is 4.90 Å². The molecule has 0 spiro atoms. The van der Waals surface area contributed by atoms with E-state index < -0.39 is 10.0 Å². The standard InChI is InChI=1S/C19H24N2O3S2/c1-13(14-8-10-16(11-9-14)26(20,23)24)21(2)19(22)18-12-15-6-4-3-5-7-17(15)25-18/h8-13H,3-7H2,1-2H3,(H2,20,23,24). The fraction of sp³-hybridized carbons (Fsp3) is 0.421. The summed E-state index contributed by atoms with van der Waals surface area (Å²) < 4.78 is 22.8. The minimum atomic E-state index is -3.71. The average Bonchev–Trinajstić information content (AvgIpc) is 2.90. The van der Waals surface area contributed by atoms with E-state index in [0.717, 1.165) is 23.3 Å². The highest BCUT2D eigenvalue weighted by atomic mass is 32.2. The molecule has 0 saturated carbocycles. The van der Waals surface area contributed by atoms with Crippen molar-refractivity contribution in [3.63, 3.8) is 0 Å². The van der Waals surface area contributed by atoms with E-state index in [2.05, 4.69) is 6.07 Å². The van der Waals surface area contributed by atoms with Crippen molar-refractivity contribution >= 4 is 27.3 Å². The van der Waals surface area contributed by atoms with Crippen molar-refractivity contribution < 1.29 is 13.2 Å². The van der Waals surface area contributed by atoms with E-state index in [-0.39, 0.29) is 16.8 Å². The Labute approximate surface area is 158 Å². The Balaban J connectivity index is 1.77. The molecule has 5 nitrogen and oxygen atoms in total. The minimum absolute atomic E-state index is 0.00564. The van der Waals surface area contributed by atoms with Crippen LogP contribution in [0.4, 0.5) is 0 Å². The van der Waals surface area contributed by atoms with Gasteiger partial charge in [0.15, 0.2) is 0 Å². The molecule has 1 aromatic carbocycles. The van der Waals surface area contributed by atoms with Gasteiger partial charge in [-0.1, -0.05) is 18.6 Å². The molecule has 0 saturated heterocycles. The van der Waals surface area contributed by atoms with Crippen molar-refractivity contribution in [1.82, 2.24) is 4.90 Å². The predicted octanol–water partition coefficient (Wildman–Crippen LogP) is 3.50. The van der Waals surface area contributed by atoms with Gasteiger partial charge in [0.05, 0.1) is 15.8 Å². The normalized spacial score (nSPS) is 15.8. The first-order chi connectivity index (χ1) is 12.3. The zero-order valence-electron chi connectivity index (χ0n) is 15.1. The fourth-order valence-electron chi connectivity index (χ4n) is 3.28. The summed E-state index contributed by atoms with van der Waals surface area (Å²) >= 11 is 1.62. The fourth-order valence-corrected chi connectivity index (χ4v) is 5.03. The molecule has 0 radical (unpaired) electrons. The van der Waals surface area contributed by atoms with Crippen LogP contribution < -0.4 is 5.14 Å². The van der Waals surface area contributed by atoms with Crippen molar-refractivity contribution in [2.24, 2.45) is 5.14 Å². The molecular weight excluding hydrogens is 368 g/mol. The summed E-state index contributed by atoms with van der Waals surface area (Å²) in [6.45, 7) is 1.93. The molecule has 3 rings (SSSR count). The topological polar surface area (TPSA) is 80.5 Å². The second-order valence-corrected chi connectivity index (χ2v) is 9.52. The van der Waals surface area contributed by atoms with Crippen molar-refractivity contribution in [2.75, 3.05) is 7.05 Å². The van der Waals surface area contributed by atoms with Crippen LogP contribution in [-0.2, 0) is 22.9 Å². The maximum Gasteiger partial charge on any atom is 0.264 e. The van der Waals surface area contributed by atoms with Crippen molar-refractivity contribution in [2.45, 2.75) is 50.0 Å². The molecule has 0 fully saturated rings. The van der Waals surface area contributed by atoms with Crippen molar-refractivity contribution in [3.8, 4) is 0 Å². The highest BCUT2D eigenvalue weighted by Crippen LogP contribution is 2.31. The monoisotopic (exact) mass is 392 g/mol. The summed E-state index contributed by atoms with van der Waals surface area (Å²) in [6, 6.07) is 8.26. The lowest BCUT2D eigenvalue weighted by atomic mass is 10.1. The molecule has 26 heavy (non-hydrogen) atoms. The highest BCUT2D eigenvalue weighted by molar-refractivity contribution is 7.89. The summed E-state index contributed by atoms with van der Waals surface area (Å²) in [5, 5.41) is 5.14. The number of benzene rings is 1. The summed E-state index contributed by atoms with van der Waals surface area (Å²) in [4.78, 5) is 16.8. The number of sulfonamides is 1. The number of primary sulfonamides is 1. The smallest absolute Gasteiger partial charge is 0.264 e. The van der Waals surface area contributed by atoms with Gasteiger partial charge in [0.2, 0.25) is 10.0 Å². The van der Waals surface area contributed by atoms with E-state index in [1.54, 1.807) is 35.4 Å². The second-order valence-electron chi connectivity index (χ2n) is 6.83. The Hall–Kier alpha value is -1.70. The zero-order valence-corrected chi connectivity index (χ0v) is 16.7. The number of fused-ring (bicyclic) bond motifs is 1. The van der Waals surface area contributed by atoms with Gasteiger partial charge in [-0.15, -0.1) is 11.3 Å². The van der Waals surface area contributed by atoms with Crippen LogP contribution in [0.1, 0.15) is 57.9 Å². The lowest BCUT2D eigenvalue weighted by Crippen LogP contribution is -2.29. The number of thiophene rings is 1. The minimum Gasteiger partial charge on any atom is -0.334 e. The van der Waals surface area contributed by atoms with Gasteiger partial charge in [0.25, 0.3) is 5.91 Å². The summed E-state index contributed by atoms with van der Waals surface area (Å²) in [5.74, 6) is 0.00564. The Morgan fingerprint density at radius 3 is 2.46 bits per heavy atom. The summed E-state index contributed by atoms with van der Waals surface area (Å²) in [7, 11) is -1.93. The SMILES string of the molecule is CC(c1ccc(S(N)(=O)=O)cc1)N(C)C(=O)c1cc2c(s1)CCCCC2. The molecule has 7 heteroatoms. The van der Waals surface area contributed by atoms with E-state index >= 15 is 0 Å². The molecule has 1 atom stereocenters. The number of amides is 1. The molecule has 1 aromatic heterocycles. The average molecular weight is 393 g/mol. The zero-order chi connectivity index (χ0) is 18.9. The number of carbonyl (C=O) groups is 1. The number of nitrogens with two attached hydrogens (primary N) is 1. The molecule has 1 unspecified atom stereocenters. The molecule has 1 aliphatic rings. The maximum atomic E-state index is 12.9. The van der Waals surface area contributed by atoms with Crippen LogP contribution in [0.5, 0.6) is 0 Å². The number of rotatable bonds is 4. The van der Waals surface area contributed by atoms with Gasteiger partial charge in [-0.2, -0.15) is 0 Å². The third-order valence-electron chi connectivity index (χ3n) is 5.05. The van der Waals surface area contributed by atoms with E-state index in [4.69, 9.17) is 5.14 Å². The van der Waals surface area contributed by atoms with E-state index in [0.29, 0.717) is 0 Å². The van der Waals surface area contributed by atoms with Crippen LogP contribution in [0, 0.1) is 0 Å². The van der Waals surface area contributed by atoms with Crippen molar-refractivity contribution in [3.05, 3.63) is 51.2 Å². The van der Waals surface area contributed by atoms with E-state index in [9.17, 15) is 13.2 Å². The lowest BCUT2D eigenvalue weighted by Gasteiger charge is -2.25. The number of nitrogens with zero attached hydrogens (tertiary/aromatic N) is 1. The molecule has 2 N–H and O–H groups in total. The Morgan fingerprint density at radius 1 is 1.15 bits per heavy atom. The van der Waals surface area contributed by atoms with Gasteiger partial charge >= 0.3 is 0 Å². The quantitative estimate of drug-likeness (QED) is 0.809. The predicted molar refractivity (Wildman–Crippen MR) is 104 cm³/mol. The Bertz CT molecular complexity index is 878. The van der Waals surface area contributed by atoms with Crippen LogP contribution in [-0.4, -0.2) is 26.3 Å². The molecule has 140 valence electrons. The van der Waals surface area contributed by atoms with Crippen molar-refractivity contribution in [1.29, 1.82) is 0 Å². The molecule has 1 heterocycles. The number of aryl methyl sites for hydroxylation is 2. The number of hydrogen-bond acceptors (Lipinski definition) is 4. The van der Waals surface area contributed by atoms with Crippen LogP contribution in [0.2, 0.25) is 0 Å². The van der Waals surface area contributed by atoms with E-state index in [1.165, 1.54) is 41.8 Å². The van der Waals surface area contributed by atoms with Gasteiger partial charge in [-0.25, -0.2) is 13.6 Å². The number of hydrogen-bond donors (Lipinski definition) is 1. The molecule has 0 bridgehead atoms. The van der Waals surface area contributed by atoms with Gasteiger partial charge in [-0.05, 0) is 61.9 Å². The maximum absolute atomic E-state index is 12.9. The van der Waals surface area contributed by atoms with E-state index in [1.807, 2.05) is 6.92 Å². The molecule has 1 amide bonds. The van der Waals surface area contributed by atoms with Crippen LogP contribution in [0.25, 0.3) is 0 Å². The largest absolute Gasteiger partial charge is 0.334 e. The molecule has 0 aliphatic heterocycles. The summed E-state index contributed by atoms with van der Waals surface area (Å²) in [5.41, 5.74) is 2.20. The lowest BCUT2D eigenvalue weighted by molar-refractivity contribution is 0.0747. The van der Waals surface area contributed by atoms with Gasteiger partial charge in [-0.3, -0.25) is 4.79 Å². The third-order valence-corrected chi connectivity index (χ3v) is 7.20. The Kier molecular flexibility index (Phi) is 5.50. The highest BCUT2D eigenvalue weighted by Gasteiger charge is 2.23.